The van der Waals surface area contributed by atoms with Gasteiger partial charge >= 0.3 is 0 Å². The Balaban J connectivity index is 1.96. The van der Waals surface area contributed by atoms with Gasteiger partial charge in [0, 0.05) is 32.6 Å². The molecule has 128 valence electrons. The van der Waals surface area contributed by atoms with Crippen molar-refractivity contribution in [3.05, 3.63) is 68.7 Å². The Bertz CT molecular complexity index is 829. The van der Waals surface area contributed by atoms with Crippen molar-refractivity contribution in [1.82, 2.24) is 0 Å². The van der Waals surface area contributed by atoms with E-state index in [-0.39, 0.29) is 5.78 Å². The van der Waals surface area contributed by atoms with Gasteiger partial charge in [-0.2, -0.15) is 0 Å². The van der Waals surface area contributed by atoms with Crippen LogP contribution >= 0.6 is 23.2 Å². The number of hydrogen-bond donors (Lipinski definition) is 2. The fraction of sp³-hybridized carbons (Fsp3) is 0.150. The van der Waals surface area contributed by atoms with Crippen molar-refractivity contribution in [2.45, 2.75) is 19.3 Å². The van der Waals surface area contributed by atoms with Crippen LogP contribution in [-0.2, 0) is 4.79 Å². The summed E-state index contributed by atoms with van der Waals surface area (Å²) in [5.41, 5.74) is 15.8. The number of rotatable bonds is 2. The van der Waals surface area contributed by atoms with E-state index in [1.54, 1.807) is 36.4 Å². The molecule has 0 spiro atoms. The number of nitrogens with two attached hydrogens (primary N) is 2. The van der Waals surface area contributed by atoms with Crippen molar-refractivity contribution in [3.63, 3.8) is 0 Å². The highest BCUT2D eigenvalue weighted by molar-refractivity contribution is 6.33. The second-order valence-electron chi connectivity index (χ2n) is 6.08. The van der Waals surface area contributed by atoms with Crippen molar-refractivity contribution in [2.75, 3.05) is 11.5 Å². The number of benzene rings is 2. The Labute approximate surface area is 156 Å². The van der Waals surface area contributed by atoms with E-state index in [0.717, 1.165) is 28.7 Å². The predicted octanol–water partition coefficient (Wildman–Crippen LogP) is 5.38. The molecule has 3 rings (SSSR count). The fourth-order valence-electron chi connectivity index (χ4n) is 2.90. The number of halogens is 2. The Morgan fingerprint density at radius 2 is 1.24 bits per heavy atom. The molecule has 0 amide bonds. The first-order chi connectivity index (χ1) is 11.9. The third-order valence-corrected chi connectivity index (χ3v) is 4.86. The third kappa shape index (κ3) is 4.06. The Morgan fingerprint density at radius 3 is 1.68 bits per heavy atom. The van der Waals surface area contributed by atoms with Gasteiger partial charge in [-0.1, -0.05) is 23.2 Å². The normalized spacial score (nSPS) is 18.1. The van der Waals surface area contributed by atoms with Crippen molar-refractivity contribution in [1.29, 1.82) is 0 Å². The molecular weight excluding hydrogens is 355 g/mol. The zero-order valence-corrected chi connectivity index (χ0v) is 15.1. The third-order valence-electron chi connectivity index (χ3n) is 4.18. The first-order valence-electron chi connectivity index (χ1n) is 8.00. The molecule has 2 aromatic carbocycles. The molecular formula is C20H18Cl2N2O. The molecule has 0 unspecified atom stereocenters. The van der Waals surface area contributed by atoms with Crippen molar-refractivity contribution < 1.29 is 4.79 Å². The second kappa shape index (κ2) is 7.34. The lowest BCUT2D eigenvalue weighted by molar-refractivity contribution is -0.112. The maximum atomic E-state index is 12.8. The minimum Gasteiger partial charge on any atom is -0.399 e. The van der Waals surface area contributed by atoms with E-state index in [1.807, 2.05) is 12.2 Å². The largest absolute Gasteiger partial charge is 0.399 e. The van der Waals surface area contributed by atoms with Gasteiger partial charge in [0.15, 0.2) is 5.78 Å². The van der Waals surface area contributed by atoms with Crippen LogP contribution in [0.15, 0.2) is 47.5 Å². The van der Waals surface area contributed by atoms with E-state index in [4.69, 9.17) is 34.7 Å². The molecule has 2 aromatic rings. The highest BCUT2D eigenvalue weighted by Crippen LogP contribution is 2.31. The highest BCUT2D eigenvalue weighted by Gasteiger charge is 2.21. The first kappa shape index (κ1) is 17.6. The molecule has 4 N–H and O–H groups in total. The summed E-state index contributed by atoms with van der Waals surface area (Å²) < 4.78 is 0. The van der Waals surface area contributed by atoms with Crippen LogP contribution in [0.1, 0.15) is 30.4 Å². The lowest BCUT2D eigenvalue weighted by Crippen LogP contribution is -2.12. The van der Waals surface area contributed by atoms with Crippen LogP contribution in [0, 0.1) is 0 Å². The summed E-state index contributed by atoms with van der Waals surface area (Å²) in [4.78, 5) is 12.8. The number of allylic oxidation sites excluding steroid dienone is 2. The van der Waals surface area contributed by atoms with Gasteiger partial charge in [0.05, 0.1) is 0 Å². The van der Waals surface area contributed by atoms with Crippen LogP contribution < -0.4 is 11.5 Å². The molecule has 0 radical (unpaired) electrons. The standard InChI is InChI=1S/C20H18Cl2N2O/c21-18-6-4-16(23)10-14(18)8-12-2-1-3-13(20(12)25)9-15-11-17(24)5-7-19(15)22/h4-11H,1-3,23-24H2. The molecule has 1 aliphatic rings. The number of anilines is 2. The summed E-state index contributed by atoms with van der Waals surface area (Å²) >= 11 is 12.4. The smallest absolute Gasteiger partial charge is 0.185 e. The number of Topliss-reactive ketones (excluding diaryl/α,β-unsaturated/α-hetero) is 1. The molecule has 1 aliphatic carbocycles. The molecule has 5 heteroatoms. The molecule has 3 nitrogen and oxygen atoms in total. The number of nitrogen functional groups attached to an aromatic ring is 2. The van der Waals surface area contributed by atoms with Gasteiger partial charge in [0.2, 0.25) is 0 Å². The Kier molecular flexibility index (Phi) is 5.16. The number of carbonyl (C=O) groups is 1. The lowest BCUT2D eigenvalue weighted by Gasteiger charge is -2.17. The molecule has 1 fully saturated rings. The van der Waals surface area contributed by atoms with Crippen LogP contribution in [0.25, 0.3) is 12.2 Å². The van der Waals surface area contributed by atoms with Crippen LogP contribution in [0.4, 0.5) is 11.4 Å². The van der Waals surface area contributed by atoms with E-state index in [2.05, 4.69) is 0 Å². The van der Waals surface area contributed by atoms with E-state index >= 15 is 0 Å². The second-order valence-corrected chi connectivity index (χ2v) is 6.90. The van der Waals surface area contributed by atoms with Gasteiger partial charge in [-0.15, -0.1) is 0 Å². The molecule has 0 heterocycles. The fourth-order valence-corrected chi connectivity index (χ4v) is 3.24. The van der Waals surface area contributed by atoms with Crippen LogP contribution in [0.3, 0.4) is 0 Å². The van der Waals surface area contributed by atoms with Crippen LogP contribution in [0.5, 0.6) is 0 Å². The maximum Gasteiger partial charge on any atom is 0.185 e. The zero-order valence-electron chi connectivity index (χ0n) is 13.6. The quantitative estimate of drug-likeness (QED) is 0.549. The van der Waals surface area contributed by atoms with E-state index in [9.17, 15) is 4.79 Å². The van der Waals surface area contributed by atoms with Crippen LogP contribution in [0.2, 0.25) is 10.0 Å². The van der Waals surface area contributed by atoms with E-state index in [1.165, 1.54) is 0 Å². The summed E-state index contributed by atoms with van der Waals surface area (Å²) in [7, 11) is 0. The molecule has 1 saturated carbocycles. The van der Waals surface area contributed by atoms with Crippen LogP contribution in [-0.4, -0.2) is 5.78 Å². The van der Waals surface area contributed by atoms with E-state index in [0.29, 0.717) is 34.3 Å². The summed E-state index contributed by atoms with van der Waals surface area (Å²) in [6.07, 6.45) is 5.98. The van der Waals surface area contributed by atoms with Gasteiger partial charge in [0.25, 0.3) is 0 Å². The van der Waals surface area contributed by atoms with Gasteiger partial charge in [-0.05, 0) is 78.9 Å². The predicted molar refractivity (Wildman–Crippen MR) is 107 cm³/mol. The average Bonchev–Trinajstić information content (AvgIpc) is 2.58. The molecule has 0 aliphatic heterocycles. The van der Waals surface area contributed by atoms with Crippen molar-refractivity contribution >= 4 is 52.5 Å². The molecule has 0 atom stereocenters. The monoisotopic (exact) mass is 372 g/mol. The number of hydrogen-bond acceptors (Lipinski definition) is 3. The Hall–Kier alpha value is -2.23. The summed E-state index contributed by atoms with van der Waals surface area (Å²) in [5.74, 6) is 0.0169. The van der Waals surface area contributed by atoms with Gasteiger partial charge < -0.3 is 11.5 Å². The number of ketones is 1. The minimum atomic E-state index is 0.0169. The average molecular weight is 373 g/mol. The van der Waals surface area contributed by atoms with Crippen molar-refractivity contribution in [2.24, 2.45) is 0 Å². The van der Waals surface area contributed by atoms with E-state index < -0.39 is 0 Å². The topological polar surface area (TPSA) is 69.1 Å². The molecule has 0 bridgehead atoms. The molecule has 0 aromatic heterocycles. The van der Waals surface area contributed by atoms with Gasteiger partial charge in [0.1, 0.15) is 0 Å². The Morgan fingerprint density at radius 1 is 0.800 bits per heavy atom. The maximum absolute atomic E-state index is 12.8. The molecule has 0 saturated heterocycles. The summed E-state index contributed by atoms with van der Waals surface area (Å²) in [5, 5.41) is 1.15. The first-order valence-corrected chi connectivity index (χ1v) is 8.75. The lowest BCUT2D eigenvalue weighted by atomic mass is 9.86. The molecule has 25 heavy (non-hydrogen) atoms. The SMILES string of the molecule is Nc1ccc(Cl)c(C=C2CCCC(=Cc3cc(N)ccc3Cl)C2=O)c1. The minimum absolute atomic E-state index is 0.0169. The highest BCUT2D eigenvalue weighted by atomic mass is 35.5. The zero-order chi connectivity index (χ0) is 18.0. The van der Waals surface area contributed by atoms with Gasteiger partial charge in [-0.3, -0.25) is 4.79 Å². The number of carbonyl (C=O) groups excluding carboxylic acids is 1. The van der Waals surface area contributed by atoms with Crippen molar-refractivity contribution in [3.8, 4) is 0 Å². The van der Waals surface area contributed by atoms with Gasteiger partial charge in [-0.25, -0.2) is 0 Å². The summed E-state index contributed by atoms with van der Waals surface area (Å²) in [6.45, 7) is 0. The summed E-state index contributed by atoms with van der Waals surface area (Å²) in [6, 6.07) is 10.5.